The van der Waals surface area contributed by atoms with Crippen LogP contribution in [0.3, 0.4) is 0 Å². The van der Waals surface area contributed by atoms with Crippen LogP contribution in [-0.2, 0) is 10.5 Å². The summed E-state index contributed by atoms with van der Waals surface area (Å²) in [6.07, 6.45) is 0. The maximum Gasteiger partial charge on any atom is 0.264 e. The first kappa shape index (κ1) is 7.96. The summed E-state index contributed by atoms with van der Waals surface area (Å²) in [5.74, 6) is -0.00352. The standard InChI is InChI=1S/C10H11N3O/c14-9-10(11-5-6-12-10)7-3-1-2-4-8(7)13-9/h1-4,11-12H,5-6H2,(H,13,14). The summed E-state index contributed by atoms with van der Waals surface area (Å²) in [6, 6.07) is 7.76. The van der Waals surface area contributed by atoms with Gasteiger partial charge in [0.25, 0.3) is 5.91 Å². The molecule has 0 bridgehead atoms. The molecule has 1 saturated heterocycles. The first-order chi connectivity index (χ1) is 6.83. The van der Waals surface area contributed by atoms with Crippen molar-refractivity contribution in [2.24, 2.45) is 0 Å². The van der Waals surface area contributed by atoms with E-state index in [9.17, 15) is 4.79 Å². The molecule has 0 atom stereocenters. The molecule has 0 aliphatic carbocycles. The summed E-state index contributed by atoms with van der Waals surface area (Å²) >= 11 is 0. The van der Waals surface area contributed by atoms with Crippen LogP contribution in [0.1, 0.15) is 5.56 Å². The molecule has 2 aliphatic heterocycles. The monoisotopic (exact) mass is 189 g/mol. The first-order valence-corrected chi connectivity index (χ1v) is 4.74. The minimum absolute atomic E-state index is 0.00352. The molecule has 2 aliphatic rings. The highest BCUT2D eigenvalue weighted by Gasteiger charge is 2.48. The van der Waals surface area contributed by atoms with E-state index in [1.807, 2.05) is 24.3 Å². The average molecular weight is 189 g/mol. The van der Waals surface area contributed by atoms with Crippen LogP contribution in [0.5, 0.6) is 0 Å². The van der Waals surface area contributed by atoms with Gasteiger partial charge in [0.05, 0.1) is 0 Å². The number of fused-ring (bicyclic) bond motifs is 2. The van der Waals surface area contributed by atoms with Crippen LogP contribution in [0.2, 0.25) is 0 Å². The van der Waals surface area contributed by atoms with Crippen LogP contribution < -0.4 is 16.0 Å². The van der Waals surface area contributed by atoms with E-state index < -0.39 is 5.66 Å². The number of nitrogens with one attached hydrogen (secondary N) is 3. The van der Waals surface area contributed by atoms with Crippen molar-refractivity contribution in [3.8, 4) is 0 Å². The molecule has 0 saturated carbocycles. The lowest BCUT2D eigenvalue weighted by Gasteiger charge is -2.21. The largest absolute Gasteiger partial charge is 0.323 e. The third kappa shape index (κ3) is 0.818. The van der Waals surface area contributed by atoms with E-state index in [2.05, 4.69) is 16.0 Å². The lowest BCUT2D eigenvalue weighted by Crippen LogP contribution is -2.51. The molecule has 0 aromatic heterocycles. The number of amides is 1. The highest BCUT2D eigenvalue weighted by atomic mass is 16.2. The fourth-order valence-corrected chi connectivity index (χ4v) is 2.17. The van der Waals surface area contributed by atoms with Gasteiger partial charge in [-0.15, -0.1) is 0 Å². The normalized spacial score (nSPS) is 22.4. The Kier molecular flexibility index (Phi) is 1.45. The smallest absolute Gasteiger partial charge is 0.264 e. The van der Waals surface area contributed by atoms with Gasteiger partial charge >= 0.3 is 0 Å². The molecular weight excluding hydrogens is 178 g/mol. The topological polar surface area (TPSA) is 53.2 Å². The van der Waals surface area contributed by atoms with Crippen molar-refractivity contribution in [3.05, 3.63) is 29.8 Å². The van der Waals surface area contributed by atoms with Crippen LogP contribution in [0.25, 0.3) is 0 Å². The van der Waals surface area contributed by atoms with E-state index in [-0.39, 0.29) is 5.91 Å². The van der Waals surface area contributed by atoms with Gasteiger partial charge in [0.2, 0.25) is 0 Å². The number of anilines is 1. The predicted octanol–water partition coefficient (Wildman–Crippen LogP) is -0.0157. The Morgan fingerprint density at radius 2 is 1.86 bits per heavy atom. The molecule has 1 aromatic carbocycles. The van der Waals surface area contributed by atoms with Crippen LogP contribution in [-0.4, -0.2) is 19.0 Å². The molecular formula is C10H11N3O. The molecule has 1 fully saturated rings. The number of hydrogen-bond donors (Lipinski definition) is 3. The van der Waals surface area contributed by atoms with Crippen LogP contribution in [0.15, 0.2) is 24.3 Å². The molecule has 3 rings (SSSR count). The maximum absolute atomic E-state index is 11.8. The molecule has 4 nitrogen and oxygen atoms in total. The molecule has 0 unspecified atom stereocenters. The number of hydrogen-bond acceptors (Lipinski definition) is 3. The van der Waals surface area contributed by atoms with Crippen LogP contribution in [0, 0.1) is 0 Å². The number of rotatable bonds is 0. The molecule has 4 heteroatoms. The maximum atomic E-state index is 11.8. The molecule has 1 amide bonds. The van der Waals surface area contributed by atoms with E-state index in [4.69, 9.17) is 0 Å². The van der Waals surface area contributed by atoms with Gasteiger partial charge in [-0.05, 0) is 6.07 Å². The van der Waals surface area contributed by atoms with E-state index in [0.29, 0.717) is 0 Å². The minimum atomic E-state index is -0.670. The Balaban J connectivity index is 2.18. The van der Waals surface area contributed by atoms with Crippen molar-refractivity contribution in [1.29, 1.82) is 0 Å². The lowest BCUT2D eigenvalue weighted by atomic mass is 10.0. The summed E-state index contributed by atoms with van der Waals surface area (Å²) in [4.78, 5) is 11.8. The SMILES string of the molecule is O=C1Nc2ccccc2C12NCCN2. The van der Waals surface area contributed by atoms with Gasteiger partial charge in [-0.25, -0.2) is 0 Å². The quantitative estimate of drug-likeness (QED) is 0.538. The highest BCUT2D eigenvalue weighted by Crippen LogP contribution is 2.34. The van der Waals surface area contributed by atoms with Gasteiger partial charge in [-0.2, -0.15) is 0 Å². The Morgan fingerprint density at radius 3 is 2.64 bits per heavy atom. The van der Waals surface area contributed by atoms with Crippen molar-refractivity contribution in [2.75, 3.05) is 18.4 Å². The summed E-state index contributed by atoms with van der Waals surface area (Å²) in [5, 5.41) is 9.30. The second-order valence-electron chi connectivity index (χ2n) is 3.60. The second-order valence-corrected chi connectivity index (χ2v) is 3.60. The van der Waals surface area contributed by atoms with E-state index in [0.717, 1.165) is 24.3 Å². The molecule has 2 heterocycles. The van der Waals surface area contributed by atoms with Crippen LogP contribution >= 0.6 is 0 Å². The van der Waals surface area contributed by atoms with Crippen LogP contribution in [0.4, 0.5) is 5.69 Å². The lowest BCUT2D eigenvalue weighted by molar-refractivity contribution is -0.122. The zero-order chi connectivity index (χ0) is 9.60. The zero-order valence-electron chi connectivity index (χ0n) is 7.63. The molecule has 72 valence electrons. The molecule has 0 radical (unpaired) electrons. The van der Waals surface area contributed by atoms with Gasteiger partial charge in [-0.3, -0.25) is 15.4 Å². The third-order valence-electron chi connectivity index (χ3n) is 2.83. The summed E-state index contributed by atoms with van der Waals surface area (Å²) in [5.41, 5.74) is 1.23. The third-order valence-corrected chi connectivity index (χ3v) is 2.83. The molecule has 1 aromatic rings. The summed E-state index contributed by atoms with van der Waals surface area (Å²) < 4.78 is 0. The van der Waals surface area contributed by atoms with Crippen molar-refractivity contribution < 1.29 is 4.79 Å². The van der Waals surface area contributed by atoms with Crippen molar-refractivity contribution in [3.63, 3.8) is 0 Å². The van der Waals surface area contributed by atoms with Gasteiger partial charge in [0, 0.05) is 24.3 Å². The zero-order valence-corrected chi connectivity index (χ0v) is 7.63. The fourth-order valence-electron chi connectivity index (χ4n) is 2.17. The van der Waals surface area contributed by atoms with E-state index in [1.54, 1.807) is 0 Å². The summed E-state index contributed by atoms with van der Waals surface area (Å²) in [7, 11) is 0. The van der Waals surface area contributed by atoms with Gasteiger partial charge in [-0.1, -0.05) is 18.2 Å². The van der Waals surface area contributed by atoms with E-state index >= 15 is 0 Å². The van der Waals surface area contributed by atoms with Gasteiger partial charge in [0.1, 0.15) is 0 Å². The number of carbonyl (C=O) groups excluding carboxylic acids is 1. The first-order valence-electron chi connectivity index (χ1n) is 4.74. The Labute approximate surface area is 81.7 Å². The molecule has 14 heavy (non-hydrogen) atoms. The van der Waals surface area contributed by atoms with Crippen molar-refractivity contribution >= 4 is 11.6 Å². The average Bonchev–Trinajstić information content (AvgIpc) is 2.77. The molecule has 3 N–H and O–H groups in total. The summed E-state index contributed by atoms with van der Waals surface area (Å²) in [6.45, 7) is 1.64. The highest BCUT2D eigenvalue weighted by molar-refractivity contribution is 6.05. The van der Waals surface area contributed by atoms with E-state index in [1.165, 1.54) is 0 Å². The molecule has 1 spiro atoms. The van der Waals surface area contributed by atoms with Crippen molar-refractivity contribution in [1.82, 2.24) is 10.6 Å². The minimum Gasteiger partial charge on any atom is -0.323 e. The van der Waals surface area contributed by atoms with Gasteiger partial charge < -0.3 is 5.32 Å². The Hall–Kier alpha value is -1.39. The number of benzene rings is 1. The van der Waals surface area contributed by atoms with Gasteiger partial charge in [0.15, 0.2) is 5.66 Å². The van der Waals surface area contributed by atoms with Crippen molar-refractivity contribution in [2.45, 2.75) is 5.66 Å². The Morgan fingerprint density at radius 1 is 1.14 bits per heavy atom. The Bertz CT molecular complexity index is 396. The fraction of sp³-hybridized carbons (Fsp3) is 0.300. The second kappa shape index (κ2) is 2.56. The predicted molar refractivity (Wildman–Crippen MR) is 52.8 cm³/mol. The number of para-hydroxylation sites is 1. The number of carbonyl (C=O) groups is 1.